The van der Waals surface area contributed by atoms with E-state index in [9.17, 15) is 14.4 Å². The number of hydrazone groups is 1. The van der Waals surface area contributed by atoms with E-state index < -0.39 is 35.2 Å². The average molecular weight is 420 g/mol. The molecule has 0 aliphatic carbocycles. The third-order valence-corrected chi connectivity index (χ3v) is 5.99. The number of amides is 2. The summed E-state index contributed by atoms with van der Waals surface area (Å²) in [6.07, 6.45) is 5.12. The fourth-order valence-corrected chi connectivity index (χ4v) is 4.67. The Balaban J connectivity index is 1.81. The molecular formula is C20H19Cl2N3O3. The molecule has 3 aliphatic heterocycles. The van der Waals surface area contributed by atoms with Crippen LogP contribution in [-0.4, -0.2) is 40.9 Å². The van der Waals surface area contributed by atoms with Gasteiger partial charge in [-0.05, 0) is 24.3 Å². The number of rotatable bonds is 2. The number of halogens is 2. The highest BCUT2D eigenvalue weighted by molar-refractivity contribution is 6.38. The molecule has 0 radical (unpaired) electrons. The van der Waals surface area contributed by atoms with Crippen LogP contribution in [0.4, 0.5) is 5.69 Å². The van der Waals surface area contributed by atoms with Crippen molar-refractivity contribution >= 4 is 52.7 Å². The van der Waals surface area contributed by atoms with Crippen molar-refractivity contribution in [1.82, 2.24) is 5.01 Å². The van der Waals surface area contributed by atoms with Crippen LogP contribution in [0.5, 0.6) is 0 Å². The minimum Gasteiger partial charge on any atom is -0.297 e. The highest BCUT2D eigenvalue weighted by atomic mass is 35.5. The summed E-state index contributed by atoms with van der Waals surface area (Å²) in [6, 6.07) is 3.37. The van der Waals surface area contributed by atoms with Crippen molar-refractivity contribution in [3.8, 4) is 0 Å². The second-order valence-electron chi connectivity index (χ2n) is 8.24. The van der Waals surface area contributed by atoms with Gasteiger partial charge < -0.3 is 0 Å². The van der Waals surface area contributed by atoms with Crippen LogP contribution in [0, 0.1) is 17.3 Å². The molecule has 4 atom stereocenters. The number of imide groups is 1. The van der Waals surface area contributed by atoms with Crippen LogP contribution in [0.2, 0.25) is 10.0 Å². The van der Waals surface area contributed by atoms with Gasteiger partial charge in [-0.25, -0.2) is 4.90 Å². The Morgan fingerprint density at radius 2 is 1.79 bits per heavy atom. The molecule has 0 N–H and O–H groups in total. The summed E-state index contributed by atoms with van der Waals surface area (Å²) < 4.78 is 0. The van der Waals surface area contributed by atoms with Crippen LogP contribution < -0.4 is 4.90 Å². The number of hydrogen-bond acceptors (Lipinski definition) is 5. The van der Waals surface area contributed by atoms with Gasteiger partial charge in [0.2, 0.25) is 11.8 Å². The normalized spacial score (nSPS) is 28.8. The molecule has 0 aromatic heterocycles. The maximum Gasteiger partial charge on any atom is 0.240 e. The SMILES string of the molecule is CC(C)(C)C(=O)[C@@H]1[C@@H]2C(=O)N(c3ccc(Cl)cc3Cl)C(=O)[C@H]2[C@@H]2C=CC=NN12. The fourth-order valence-electron chi connectivity index (χ4n) is 4.18. The van der Waals surface area contributed by atoms with Gasteiger partial charge in [-0.1, -0.05) is 50.0 Å². The van der Waals surface area contributed by atoms with Gasteiger partial charge in [-0.15, -0.1) is 0 Å². The summed E-state index contributed by atoms with van der Waals surface area (Å²) in [5, 5.41) is 6.55. The van der Waals surface area contributed by atoms with Crippen LogP contribution in [0.3, 0.4) is 0 Å². The van der Waals surface area contributed by atoms with Crippen LogP contribution in [0.25, 0.3) is 0 Å². The van der Waals surface area contributed by atoms with E-state index in [-0.39, 0.29) is 22.4 Å². The van der Waals surface area contributed by atoms with E-state index in [0.717, 1.165) is 4.90 Å². The molecule has 0 spiro atoms. The molecule has 3 heterocycles. The molecule has 2 saturated heterocycles. The van der Waals surface area contributed by atoms with Gasteiger partial charge in [0.1, 0.15) is 6.04 Å². The second-order valence-corrected chi connectivity index (χ2v) is 9.08. The molecule has 2 fully saturated rings. The Hall–Kier alpha value is -2.18. The first-order valence-electron chi connectivity index (χ1n) is 8.99. The van der Waals surface area contributed by atoms with Crippen molar-refractivity contribution in [2.24, 2.45) is 22.4 Å². The fraction of sp³-hybridized carbons (Fsp3) is 0.400. The van der Waals surface area contributed by atoms with E-state index in [1.165, 1.54) is 6.07 Å². The summed E-state index contributed by atoms with van der Waals surface area (Å²) in [7, 11) is 0. The quantitative estimate of drug-likeness (QED) is 0.689. The molecule has 0 bridgehead atoms. The van der Waals surface area contributed by atoms with Gasteiger partial charge in [0.25, 0.3) is 0 Å². The first kappa shape index (κ1) is 19.2. The van der Waals surface area contributed by atoms with E-state index in [1.807, 2.05) is 6.08 Å². The Bertz CT molecular complexity index is 951. The van der Waals surface area contributed by atoms with Gasteiger partial charge in [-0.3, -0.25) is 19.4 Å². The van der Waals surface area contributed by atoms with Crippen LogP contribution in [0.15, 0.2) is 35.5 Å². The zero-order valence-corrected chi connectivity index (χ0v) is 17.1. The third-order valence-electron chi connectivity index (χ3n) is 5.45. The predicted molar refractivity (Wildman–Crippen MR) is 107 cm³/mol. The van der Waals surface area contributed by atoms with E-state index in [0.29, 0.717) is 5.02 Å². The summed E-state index contributed by atoms with van der Waals surface area (Å²) >= 11 is 12.2. The number of benzene rings is 1. The van der Waals surface area contributed by atoms with E-state index in [1.54, 1.807) is 50.2 Å². The molecule has 1 aromatic carbocycles. The van der Waals surface area contributed by atoms with Crippen LogP contribution in [-0.2, 0) is 14.4 Å². The number of carbonyl (C=O) groups excluding carboxylic acids is 3. The van der Waals surface area contributed by atoms with Gasteiger partial charge in [-0.2, -0.15) is 5.10 Å². The maximum absolute atomic E-state index is 13.4. The van der Waals surface area contributed by atoms with Gasteiger partial charge in [0.05, 0.1) is 28.6 Å². The first-order valence-corrected chi connectivity index (χ1v) is 9.75. The molecule has 0 saturated carbocycles. The number of anilines is 1. The van der Waals surface area contributed by atoms with Crippen LogP contribution in [0.1, 0.15) is 20.8 Å². The largest absolute Gasteiger partial charge is 0.297 e. The maximum atomic E-state index is 13.4. The Labute approximate surface area is 172 Å². The molecule has 3 aliphatic rings. The Morgan fingerprint density at radius 3 is 2.43 bits per heavy atom. The number of hydrogen-bond donors (Lipinski definition) is 0. The minimum absolute atomic E-state index is 0.123. The minimum atomic E-state index is -0.809. The Kier molecular flexibility index (Phi) is 4.39. The standard InChI is InChI=1S/C20H19Cl2N3O3/c1-20(2,3)17(26)16-15-14(13-5-4-8-23-25(13)16)18(27)24(19(15)28)12-7-6-10(21)9-11(12)22/h4-9,13-16H,1-3H3/t13-,14-,15+,16-/m0/s1. The van der Waals surface area contributed by atoms with Crippen molar-refractivity contribution in [1.29, 1.82) is 0 Å². The summed E-state index contributed by atoms with van der Waals surface area (Å²) in [6.45, 7) is 5.41. The van der Waals surface area contributed by atoms with Crippen molar-refractivity contribution in [3.63, 3.8) is 0 Å². The molecule has 146 valence electrons. The zero-order valence-electron chi connectivity index (χ0n) is 15.6. The lowest BCUT2D eigenvalue weighted by atomic mass is 9.80. The molecule has 0 unspecified atom stereocenters. The lowest BCUT2D eigenvalue weighted by Crippen LogP contribution is -2.49. The van der Waals surface area contributed by atoms with Gasteiger partial charge >= 0.3 is 0 Å². The smallest absolute Gasteiger partial charge is 0.240 e. The molecular weight excluding hydrogens is 401 g/mol. The summed E-state index contributed by atoms with van der Waals surface area (Å²) in [5.74, 6) is -2.43. The summed E-state index contributed by atoms with van der Waals surface area (Å²) in [5.41, 5.74) is -0.401. The van der Waals surface area contributed by atoms with E-state index in [2.05, 4.69) is 5.10 Å². The number of nitrogens with zero attached hydrogens (tertiary/aromatic N) is 3. The van der Waals surface area contributed by atoms with Crippen molar-refractivity contribution in [2.45, 2.75) is 32.9 Å². The lowest BCUT2D eigenvalue weighted by Gasteiger charge is -2.33. The van der Waals surface area contributed by atoms with E-state index >= 15 is 0 Å². The van der Waals surface area contributed by atoms with Crippen molar-refractivity contribution in [3.05, 3.63) is 40.4 Å². The predicted octanol–water partition coefficient (Wildman–Crippen LogP) is 3.32. The first-order chi connectivity index (χ1) is 13.1. The lowest BCUT2D eigenvalue weighted by molar-refractivity contribution is -0.136. The number of ketones is 1. The highest BCUT2D eigenvalue weighted by Gasteiger charge is 2.64. The summed E-state index contributed by atoms with van der Waals surface area (Å²) in [4.78, 5) is 41.0. The number of fused-ring (bicyclic) bond motifs is 3. The second kappa shape index (κ2) is 6.42. The molecule has 4 rings (SSSR count). The van der Waals surface area contributed by atoms with Crippen molar-refractivity contribution in [2.75, 3.05) is 4.90 Å². The van der Waals surface area contributed by atoms with Gasteiger partial charge in [0, 0.05) is 16.7 Å². The molecule has 1 aromatic rings. The highest BCUT2D eigenvalue weighted by Crippen LogP contribution is 2.48. The molecule has 28 heavy (non-hydrogen) atoms. The molecule has 8 heteroatoms. The van der Waals surface area contributed by atoms with Gasteiger partial charge in [0.15, 0.2) is 5.78 Å². The number of allylic oxidation sites excluding steroid dienone is 1. The van der Waals surface area contributed by atoms with E-state index in [4.69, 9.17) is 23.2 Å². The van der Waals surface area contributed by atoms with Crippen LogP contribution >= 0.6 is 23.2 Å². The monoisotopic (exact) mass is 419 g/mol. The molecule has 2 amide bonds. The Morgan fingerprint density at radius 1 is 1.11 bits per heavy atom. The number of Topliss-reactive ketones (excluding diaryl/α,β-unsaturated/α-hetero) is 1. The zero-order chi connectivity index (χ0) is 20.4. The molecule has 6 nitrogen and oxygen atoms in total. The number of carbonyl (C=O) groups is 3. The topological polar surface area (TPSA) is 70.0 Å². The average Bonchev–Trinajstić information content (AvgIpc) is 3.08. The third kappa shape index (κ3) is 2.70. The van der Waals surface area contributed by atoms with Crippen molar-refractivity contribution < 1.29 is 14.4 Å².